The molecule has 0 spiro atoms. The third kappa shape index (κ3) is 11.2. The van der Waals surface area contributed by atoms with Crippen LogP contribution >= 0.6 is 11.8 Å². The number of benzene rings is 4. The number of aryl methyl sites for hydroxylation is 2. The minimum absolute atomic E-state index is 0.675. The van der Waals surface area contributed by atoms with Crippen molar-refractivity contribution < 1.29 is 0 Å². The lowest BCUT2D eigenvalue weighted by molar-refractivity contribution is 0.304. The summed E-state index contributed by atoms with van der Waals surface area (Å²) in [6.45, 7) is 9.05. The van der Waals surface area contributed by atoms with Crippen molar-refractivity contribution in [3.8, 4) is 12.1 Å². The van der Waals surface area contributed by atoms with Crippen molar-refractivity contribution in [3.63, 3.8) is 0 Å². The molecule has 0 heterocycles. The van der Waals surface area contributed by atoms with E-state index in [1.165, 1.54) is 123 Å². The van der Waals surface area contributed by atoms with Gasteiger partial charge in [-0.1, -0.05) is 151 Å². The molecule has 0 unspecified atom stereocenters. The fraction of sp³-hybridized carbons (Fsp3) is 0.519. The third-order valence-electron chi connectivity index (χ3n) is 13.5. The number of hydrogen-bond donors (Lipinski definition) is 0. The SMILES string of the molecule is CCCC[C@H]1CC[C@H](c2ccc(Cc3c(CCC)ccc(Sc4ccc(CCC)c(Cc5ccc([C@H]6CC[C@H](CCCC)CC6)cc5)c4C#N)c3C#N)cc2)CC1. The molecular formula is C54H68N2S. The first-order valence-corrected chi connectivity index (χ1v) is 23.7. The number of hydrogen-bond acceptors (Lipinski definition) is 3. The summed E-state index contributed by atoms with van der Waals surface area (Å²) < 4.78 is 0. The van der Waals surface area contributed by atoms with Crippen LogP contribution in [0.5, 0.6) is 0 Å². The Morgan fingerprint density at radius 1 is 0.491 bits per heavy atom. The maximum absolute atomic E-state index is 10.8. The summed E-state index contributed by atoms with van der Waals surface area (Å²) in [5.41, 5.74) is 11.8. The van der Waals surface area contributed by atoms with Crippen molar-refractivity contribution in [2.75, 3.05) is 0 Å². The summed E-state index contributed by atoms with van der Waals surface area (Å²) in [6.07, 6.45) is 24.3. The van der Waals surface area contributed by atoms with Crippen molar-refractivity contribution in [2.24, 2.45) is 11.8 Å². The van der Waals surface area contributed by atoms with Crippen molar-refractivity contribution in [2.45, 2.75) is 178 Å². The van der Waals surface area contributed by atoms with Crippen LogP contribution in [0.4, 0.5) is 0 Å². The summed E-state index contributed by atoms with van der Waals surface area (Å²) in [5, 5.41) is 21.5. The van der Waals surface area contributed by atoms with E-state index in [0.717, 1.165) is 82.4 Å². The predicted octanol–water partition coefficient (Wildman–Crippen LogP) is 15.6. The topological polar surface area (TPSA) is 47.6 Å². The van der Waals surface area contributed by atoms with Crippen molar-refractivity contribution >= 4 is 11.8 Å². The molecule has 2 saturated carbocycles. The molecule has 0 saturated heterocycles. The van der Waals surface area contributed by atoms with Crippen LogP contribution in [0.25, 0.3) is 0 Å². The number of unbranched alkanes of at least 4 members (excludes halogenated alkanes) is 2. The van der Waals surface area contributed by atoms with E-state index >= 15 is 0 Å². The molecule has 57 heavy (non-hydrogen) atoms. The quantitative estimate of drug-likeness (QED) is 0.101. The van der Waals surface area contributed by atoms with E-state index in [-0.39, 0.29) is 0 Å². The maximum Gasteiger partial charge on any atom is 0.101 e. The Labute approximate surface area is 350 Å². The van der Waals surface area contributed by atoms with Gasteiger partial charge in [-0.15, -0.1) is 0 Å². The lowest BCUT2D eigenvalue weighted by Gasteiger charge is -2.29. The second-order valence-corrected chi connectivity index (χ2v) is 18.6. The minimum atomic E-state index is 0.675. The monoisotopic (exact) mass is 777 g/mol. The largest absolute Gasteiger partial charge is 0.192 e. The van der Waals surface area contributed by atoms with Gasteiger partial charge in [0, 0.05) is 9.79 Å². The highest BCUT2D eigenvalue weighted by Crippen LogP contribution is 2.41. The highest BCUT2D eigenvalue weighted by molar-refractivity contribution is 7.99. The van der Waals surface area contributed by atoms with E-state index in [1.807, 2.05) is 0 Å². The van der Waals surface area contributed by atoms with E-state index in [9.17, 15) is 10.5 Å². The summed E-state index contributed by atoms with van der Waals surface area (Å²) >= 11 is 1.60. The molecule has 4 aromatic carbocycles. The van der Waals surface area contributed by atoms with E-state index in [4.69, 9.17) is 0 Å². The van der Waals surface area contributed by atoms with Crippen LogP contribution in [-0.2, 0) is 25.7 Å². The summed E-state index contributed by atoms with van der Waals surface area (Å²) in [5.74, 6) is 3.19. The van der Waals surface area contributed by atoms with Gasteiger partial charge >= 0.3 is 0 Å². The second kappa shape index (κ2) is 21.8. The van der Waals surface area contributed by atoms with Gasteiger partial charge in [0.25, 0.3) is 0 Å². The molecule has 0 atom stereocenters. The van der Waals surface area contributed by atoms with Crippen LogP contribution in [0, 0.1) is 34.5 Å². The molecule has 0 aromatic heterocycles. The first kappa shape index (κ1) is 42.8. The van der Waals surface area contributed by atoms with Crippen LogP contribution in [0.3, 0.4) is 0 Å². The summed E-state index contributed by atoms with van der Waals surface area (Å²) in [4.78, 5) is 1.89. The molecule has 0 N–H and O–H groups in total. The molecule has 0 bridgehead atoms. The van der Waals surface area contributed by atoms with Gasteiger partial charge in [0.2, 0.25) is 0 Å². The van der Waals surface area contributed by atoms with Crippen molar-refractivity contribution in [3.05, 3.63) is 128 Å². The van der Waals surface area contributed by atoms with Gasteiger partial charge < -0.3 is 0 Å². The van der Waals surface area contributed by atoms with Gasteiger partial charge in [0.15, 0.2) is 0 Å². The Kier molecular flexibility index (Phi) is 16.4. The normalized spacial score (nSPS) is 19.5. The lowest BCUT2D eigenvalue weighted by Crippen LogP contribution is -2.13. The number of nitrogens with zero attached hydrogens (tertiary/aromatic N) is 2. The van der Waals surface area contributed by atoms with Crippen molar-refractivity contribution in [1.82, 2.24) is 0 Å². The van der Waals surface area contributed by atoms with Crippen LogP contribution in [0.1, 0.15) is 198 Å². The first-order valence-electron chi connectivity index (χ1n) is 22.9. The fourth-order valence-corrected chi connectivity index (χ4v) is 11.1. The molecule has 2 nitrogen and oxygen atoms in total. The van der Waals surface area contributed by atoms with E-state index in [1.54, 1.807) is 11.8 Å². The Bertz CT molecular complexity index is 1800. The van der Waals surface area contributed by atoms with Gasteiger partial charge in [-0.3, -0.25) is 0 Å². The molecule has 2 fully saturated rings. The molecule has 2 aliphatic rings. The van der Waals surface area contributed by atoms with E-state index < -0.39 is 0 Å². The number of rotatable bonds is 18. The smallest absolute Gasteiger partial charge is 0.101 e. The molecule has 4 aromatic rings. The van der Waals surface area contributed by atoms with Crippen molar-refractivity contribution in [1.29, 1.82) is 10.5 Å². The zero-order chi connectivity index (χ0) is 40.0. The molecule has 2 aliphatic carbocycles. The molecule has 300 valence electrons. The second-order valence-electron chi connectivity index (χ2n) is 17.5. The molecular weight excluding hydrogens is 709 g/mol. The first-order chi connectivity index (χ1) is 28.0. The third-order valence-corrected chi connectivity index (χ3v) is 14.6. The highest BCUT2D eigenvalue weighted by Gasteiger charge is 2.24. The molecule has 0 aliphatic heterocycles. The molecule has 0 amide bonds. The zero-order valence-electron chi connectivity index (χ0n) is 35.7. The van der Waals surface area contributed by atoms with Crippen LogP contribution in [0.2, 0.25) is 0 Å². The summed E-state index contributed by atoms with van der Waals surface area (Å²) in [6, 6.07) is 32.8. The van der Waals surface area contributed by atoms with Crippen LogP contribution in [-0.4, -0.2) is 0 Å². The average Bonchev–Trinajstić information content (AvgIpc) is 3.25. The Morgan fingerprint density at radius 2 is 0.877 bits per heavy atom. The van der Waals surface area contributed by atoms with Gasteiger partial charge in [-0.25, -0.2) is 0 Å². The average molecular weight is 777 g/mol. The Balaban J connectivity index is 1.21. The van der Waals surface area contributed by atoms with Gasteiger partial charge in [-0.2, -0.15) is 10.5 Å². The summed E-state index contributed by atoms with van der Waals surface area (Å²) in [7, 11) is 0. The lowest BCUT2D eigenvalue weighted by atomic mass is 9.77. The Hall–Kier alpha value is -3.79. The van der Waals surface area contributed by atoms with Crippen LogP contribution in [0.15, 0.2) is 82.6 Å². The maximum atomic E-state index is 10.8. The van der Waals surface area contributed by atoms with Gasteiger partial charge in [0.05, 0.1) is 11.1 Å². The fourth-order valence-electron chi connectivity index (χ4n) is 10.1. The van der Waals surface area contributed by atoms with Gasteiger partial charge in [0.1, 0.15) is 12.1 Å². The predicted molar refractivity (Wildman–Crippen MR) is 241 cm³/mol. The van der Waals surface area contributed by atoms with E-state index in [0.29, 0.717) is 11.8 Å². The standard InChI is InChI=1S/C54H68N2S/c1-5-9-13-39-15-23-43(24-16-39)45-27-19-41(20-28-45)35-49-47(11-7-3)31-33-53(51(49)37-55)57-54-34-32-48(12-8-4)50(52(54)38-56)36-42-21-29-46(30-22-42)44-25-17-40(18-26-44)14-10-6-2/h19-22,27-34,39-40,43-44H,5-18,23-26,35-36H2,1-4H3/t39-,40-,43-,44-. The number of nitriles is 2. The van der Waals surface area contributed by atoms with Gasteiger partial charge in [-0.05, 0) is 157 Å². The molecule has 3 heteroatoms. The minimum Gasteiger partial charge on any atom is -0.192 e. The molecule has 6 rings (SSSR count). The van der Waals surface area contributed by atoms with E-state index in [2.05, 4.69) is 113 Å². The zero-order valence-corrected chi connectivity index (χ0v) is 36.5. The molecule has 0 radical (unpaired) electrons. The highest BCUT2D eigenvalue weighted by atomic mass is 32.2. The Morgan fingerprint density at radius 3 is 1.21 bits per heavy atom. The van der Waals surface area contributed by atoms with Crippen LogP contribution < -0.4 is 0 Å².